The largest absolute Gasteiger partial charge is 0.726 e. The summed E-state index contributed by atoms with van der Waals surface area (Å²) in [5, 5.41) is 10.3. The van der Waals surface area contributed by atoms with Crippen molar-refractivity contribution in [3.8, 4) is 0 Å². The van der Waals surface area contributed by atoms with E-state index in [2.05, 4.69) is 4.18 Å². The summed E-state index contributed by atoms with van der Waals surface area (Å²) >= 11 is 0. The molecular formula is C7H14NO6S-. The molecule has 0 aromatic rings. The third kappa shape index (κ3) is 9.60. The first kappa shape index (κ1) is 14.3. The number of rotatable bonds is 6. The molecule has 90 valence electrons. The summed E-state index contributed by atoms with van der Waals surface area (Å²) in [6, 6.07) is 0. The SMILES string of the molecule is C[N+](C)(C)CC(CC(=O)[O-])OS(=O)(=O)[O-]. The number of carboxylic acid groups (broad SMARTS) is 1. The van der Waals surface area contributed by atoms with Crippen LogP contribution in [-0.2, 0) is 19.4 Å². The molecule has 0 radical (unpaired) electrons. The third-order valence-electron chi connectivity index (χ3n) is 1.40. The van der Waals surface area contributed by atoms with Crippen molar-refractivity contribution in [2.24, 2.45) is 0 Å². The van der Waals surface area contributed by atoms with Gasteiger partial charge in [0.2, 0.25) is 10.4 Å². The summed E-state index contributed by atoms with van der Waals surface area (Å²) in [6.07, 6.45) is -1.82. The second kappa shape index (κ2) is 4.88. The highest BCUT2D eigenvalue weighted by molar-refractivity contribution is 7.80. The predicted octanol–water partition coefficient (Wildman–Crippen LogP) is -2.32. The monoisotopic (exact) mass is 240 g/mol. The van der Waals surface area contributed by atoms with Crippen molar-refractivity contribution in [2.75, 3.05) is 27.7 Å². The van der Waals surface area contributed by atoms with E-state index in [9.17, 15) is 22.9 Å². The Hall–Kier alpha value is -0.700. The van der Waals surface area contributed by atoms with Gasteiger partial charge in [0.25, 0.3) is 0 Å². The number of hydrogen-bond donors (Lipinski definition) is 0. The van der Waals surface area contributed by atoms with Crippen LogP contribution in [0.5, 0.6) is 0 Å². The highest BCUT2D eigenvalue weighted by atomic mass is 32.3. The highest BCUT2D eigenvalue weighted by Crippen LogP contribution is 2.06. The maximum Gasteiger partial charge on any atom is 0.218 e. The fourth-order valence-electron chi connectivity index (χ4n) is 1.09. The summed E-state index contributed by atoms with van der Waals surface area (Å²) in [4.78, 5) is 10.3. The maximum atomic E-state index is 10.3. The molecular weight excluding hydrogens is 226 g/mol. The molecule has 0 saturated heterocycles. The number of carboxylic acids is 1. The Morgan fingerprint density at radius 2 is 1.87 bits per heavy atom. The second-order valence-corrected chi connectivity index (χ2v) is 5.18. The average Bonchev–Trinajstić information content (AvgIpc) is 1.73. The number of hydrogen-bond acceptors (Lipinski definition) is 6. The first-order valence-corrected chi connectivity index (χ1v) is 5.47. The fraction of sp³-hybridized carbons (Fsp3) is 0.857. The summed E-state index contributed by atoms with van der Waals surface area (Å²) in [7, 11) is 0.242. The molecule has 0 N–H and O–H groups in total. The van der Waals surface area contributed by atoms with Crippen molar-refractivity contribution < 1.29 is 31.5 Å². The molecule has 0 saturated carbocycles. The lowest BCUT2D eigenvalue weighted by atomic mass is 10.2. The zero-order valence-corrected chi connectivity index (χ0v) is 9.61. The average molecular weight is 240 g/mol. The minimum absolute atomic E-state index is 0.0788. The molecule has 0 aromatic carbocycles. The van der Waals surface area contributed by atoms with Gasteiger partial charge < -0.3 is 18.9 Å². The molecule has 1 atom stereocenters. The van der Waals surface area contributed by atoms with Crippen molar-refractivity contribution >= 4 is 16.4 Å². The molecule has 0 heterocycles. The van der Waals surface area contributed by atoms with E-state index in [4.69, 9.17) is 0 Å². The molecule has 0 aliphatic rings. The van der Waals surface area contributed by atoms with Gasteiger partial charge in [0.1, 0.15) is 12.6 Å². The van der Waals surface area contributed by atoms with Gasteiger partial charge in [-0.3, -0.25) is 4.18 Å². The van der Waals surface area contributed by atoms with Crippen molar-refractivity contribution in [3.63, 3.8) is 0 Å². The van der Waals surface area contributed by atoms with Crippen LogP contribution in [0.2, 0.25) is 0 Å². The first-order valence-electron chi connectivity index (χ1n) is 4.14. The molecule has 1 unspecified atom stereocenters. The van der Waals surface area contributed by atoms with E-state index in [0.29, 0.717) is 0 Å². The van der Waals surface area contributed by atoms with E-state index in [1.54, 1.807) is 21.1 Å². The molecule has 0 aliphatic carbocycles. The quantitative estimate of drug-likeness (QED) is 0.293. The molecule has 0 fully saturated rings. The van der Waals surface area contributed by atoms with Crippen LogP contribution in [-0.4, -0.2) is 57.2 Å². The molecule has 8 heteroatoms. The number of likely N-dealkylation sites (N-methyl/N-ethyl adjacent to an activating group) is 1. The van der Waals surface area contributed by atoms with Crippen LogP contribution in [0.15, 0.2) is 0 Å². The lowest BCUT2D eigenvalue weighted by Gasteiger charge is -2.29. The van der Waals surface area contributed by atoms with Gasteiger partial charge in [-0.15, -0.1) is 0 Å². The van der Waals surface area contributed by atoms with Gasteiger partial charge in [0.15, 0.2) is 0 Å². The van der Waals surface area contributed by atoms with Crippen molar-refractivity contribution in [3.05, 3.63) is 0 Å². The van der Waals surface area contributed by atoms with Crippen LogP contribution in [0, 0.1) is 0 Å². The van der Waals surface area contributed by atoms with Gasteiger partial charge in [0, 0.05) is 12.4 Å². The van der Waals surface area contributed by atoms with Crippen LogP contribution in [0.25, 0.3) is 0 Å². The van der Waals surface area contributed by atoms with E-state index in [-0.39, 0.29) is 11.0 Å². The number of aliphatic carboxylic acids is 1. The summed E-state index contributed by atoms with van der Waals surface area (Å²) < 4.78 is 35.3. The summed E-state index contributed by atoms with van der Waals surface area (Å²) in [5.41, 5.74) is 0. The van der Waals surface area contributed by atoms with Gasteiger partial charge in [0.05, 0.1) is 21.1 Å². The molecule has 0 bridgehead atoms. The second-order valence-electron chi connectivity index (χ2n) is 4.18. The van der Waals surface area contributed by atoms with Crippen LogP contribution in [0.4, 0.5) is 0 Å². The molecule has 0 rings (SSSR count). The number of carbonyl (C=O) groups excluding carboxylic acids is 1. The van der Waals surface area contributed by atoms with Gasteiger partial charge >= 0.3 is 0 Å². The Morgan fingerprint density at radius 1 is 1.40 bits per heavy atom. The van der Waals surface area contributed by atoms with E-state index < -0.39 is 28.9 Å². The van der Waals surface area contributed by atoms with E-state index >= 15 is 0 Å². The molecule has 0 aliphatic heterocycles. The summed E-state index contributed by atoms with van der Waals surface area (Å²) in [6.45, 7) is 0.0788. The lowest BCUT2D eigenvalue weighted by Crippen LogP contribution is -2.45. The minimum Gasteiger partial charge on any atom is -0.726 e. The minimum atomic E-state index is -4.89. The Bertz CT molecular complexity index is 317. The van der Waals surface area contributed by atoms with Crippen LogP contribution < -0.4 is 5.11 Å². The summed E-state index contributed by atoms with van der Waals surface area (Å²) in [5.74, 6) is -1.46. The smallest absolute Gasteiger partial charge is 0.218 e. The van der Waals surface area contributed by atoms with Gasteiger partial charge in [-0.2, -0.15) is 0 Å². The van der Waals surface area contributed by atoms with Crippen LogP contribution in [0.3, 0.4) is 0 Å². The Morgan fingerprint density at radius 3 is 2.13 bits per heavy atom. The fourth-order valence-corrected chi connectivity index (χ4v) is 1.55. The molecule has 0 spiro atoms. The first-order chi connectivity index (χ1) is 6.49. The maximum absolute atomic E-state index is 10.3. The van der Waals surface area contributed by atoms with Gasteiger partial charge in [-0.25, -0.2) is 8.42 Å². The predicted molar refractivity (Wildman–Crippen MR) is 47.1 cm³/mol. The zero-order valence-electron chi connectivity index (χ0n) is 8.80. The Kier molecular flexibility index (Phi) is 4.65. The molecule has 15 heavy (non-hydrogen) atoms. The van der Waals surface area contributed by atoms with E-state index in [1.807, 2.05) is 0 Å². The normalized spacial score (nSPS) is 14.9. The van der Waals surface area contributed by atoms with E-state index in [1.165, 1.54) is 0 Å². The highest BCUT2D eigenvalue weighted by Gasteiger charge is 2.21. The van der Waals surface area contributed by atoms with Crippen molar-refractivity contribution in [2.45, 2.75) is 12.5 Å². The number of nitrogens with zero attached hydrogens (tertiary/aromatic N) is 1. The Balaban J connectivity index is 4.53. The molecule has 0 aromatic heterocycles. The third-order valence-corrected chi connectivity index (χ3v) is 1.91. The molecule has 7 nitrogen and oxygen atoms in total. The van der Waals surface area contributed by atoms with Gasteiger partial charge in [-0.05, 0) is 0 Å². The van der Waals surface area contributed by atoms with Crippen LogP contribution >= 0.6 is 0 Å². The van der Waals surface area contributed by atoms with Gasteiger partial charge in [-0.1, -0.05) is 0 Å². The zero-order chi connectivity index (χ0) is 12.3. The van der Waals surface area contributed by atoms with E-state index in [0.717, 1.165) is 0 Å². The Labute approximate surface area is 88.8 Å². The van der Waals surface area contributed by atoms with Crippen molar-refractivity contribution in [1.29, 1.82) is 0 Å². The molecule has 0 amide bonds. The topological polar surface area (TPSA) is 107 Å². The number of quaternary nitrogens is 1. The standard InChI is InChI=1S/C7H15NO6S/c1-8(2,3)5-6(4-7(9)10)14-15(11,12)13/h6H,4-5H2,1-3H3,(H-,9,10,11,12,13)/p-1. The van der Waals surface area contributed by atoms with Crippen molar-refractivity contribution in [1.82, 2.24) is 0 Å². The lowest BCUT2D eigenvalue weighted by molar-refractivity contribution is -0.873. The van der Waals surface area contributed by atoms with Crippen LogP contribution in [0.1, 0.15) is 6.42 Å². The number of carbonyl (C=O) groups is 1.